The van der Waals surface area contributed by atoms with Gasteiger partial charge in [-0.15, -0.1) is 0 Å². The van der Waals surface area contributed by atoms with Crippen LogP contribution in [0.1, 0.15) is 13.8 Å². The molecule has 0 spiro atoms. The highest BCUT2D eigenvalue weighted by atomic mass is 32.2. The Hall–Kier alpha value is -2.55. The molecule has 25 heavy (non-hydrogen) atoms. The van der Waals surface area contributed by atoms with Gasteiger partial charge in [-0.25, -0.2) is 18.0 Å². The van der Waals surface area contributed by atoms with E-state index in [1.165, 1.54) is 18.3 Å². The number of hydrogen-bond acceptors (Lipinski definition) is 4. The highest BCUT2D eigenvalue weighted by molar-refractivity contribution is 7.91. The second kappa shape index (κ2) is 8.02. The molecule has 0 N–H and O–H groups in total. The Labute approximate surface area is 145 Å². The molecule has 2 aromatic rings. The number of imidazole rings is 2. The van der Waals surface area contributed by atoms with E-state index in [0.717, 1.165) is 0 Å². The number of sulfone groups is 1. The van der Waals surface area contributed by atoms with Crippen molar-refractivity contribution in [1.82, 2.24) is 18.3 Å². The van der Waals surface area contributed by atoms with Crippen molar-refractivity contribution in [2.75, 3.05) is 11.5 Å². The van der Waals surface area contributed by atoms with E-state index in [9.17, 15) is 18.0 Å². The van der Waals surface area contributed by atoms with E-state index >= 15 is 0 Å². The van der Waals surface area contributed by atoms with Crippen molar-refractivity contribution in [3.8, 4) is 0 Å². The van der Waals surface area contributed by atoms with E-state index < -0.39 is 9.84 Å². The second-order valence-electron chi connectivity index (χ2n) is 5.48. The van der Waals surface area contributed by atoms with Crippen molar-refractivity contribution in [2.45, 2.75) is 26.9 Å². The van der Waals surface area contributed by atoms with Crippen LogP contribution in [-0.4, -0.2) is 38.2 Å². The maximum atomic E-state index is 12.2. The maximum absolute atomic E-state index is 12.2. The highest BCUT2D eigenvalue weighted by Crippen LogP contribution is 1.97. The van der Waals surface area contributed by atoms with Crippen LogP contribution in [0.2, 0.25) is 0 Å². The second-order valence-corrected chi connectivity index (χ2v) is 7.78. The number of aromatic nitrogens is 4. The molecule has 8 nitrogen and oxygen atoms in total. The van der Waals surface area contributed by atoms with Crippen LogP contribution in [0.25, 0.3) is 12.4 Å². The summed E-state index contributed by atoms with van der Waals surface area (Å²) >= 11 is 0. The van der Waals surface area contributed by atoms with E-state index in [-0.39, 0.29) is 36.0 Å². The topological polar surface area (TPSA) is 88.0 Å². The third-order valence-corrected chi connectivity index (χ3v) is 5.26. The zero-order chi connectivity index (χ0) is 18.4. The first-order valence-electron chi connectivity index (χ1n) is 7.88. The van der Waals surface area contributed by atoms with Crippen LogP contribution in [0.3, 0.4) is 0 Å². The third-order valence-electron chi connectivity index (χ3n) is 3.65. The minimum absolute atomic E-state index is 0.0835. The van der Waals surface area contributed by atoms with E-state index in [0.29, 0.717) is 0 Å². The number of hydrogen-bond donors (Lipinski definition) is 0. The molecule has 0 saturated heterocycles. The average Bonchev–Trinajstić information content (AvgIpc) is 3.09. The van der Waals surface area contributed by atoms with E-state index in [1.54, 1.807) is 63.2 Å². The Balaban J connectivity index is 1.99. The monoisotopic (exact) mass is 366 g/mol. The first kappa shape index (κ1) is 18.8. The van der Waals surface area contributed by atoms with Gasteiger partial charge in [-0.05, 0) is 13.8 Å². The lowest BCUT2D eigenvalue weighted by molar-refractivity contribution is 0.578. The molecule has 0 atom stereocenters. The molecule has 0 amide bonds. The van der Waals surface area contributed by atoms with E-state index in [2.05, 4.69) is 0 Å². The standard InChI is InChI=1S/C16H22N4O4S/c1-3-5-17-7-9-19(15(17)21)11-13-25(23,24)14-12-20-10-8-18(6-4-2)16(20)22/h3-10H,11-14H2,1-2H3/b5-3+,6-4+. The van der Waals surface area contributed by atoms with Gasteiger partial charge in [-0.2, -0.15) is 0 Å². The zero-order valence-corrected chi connectivity index (χ0v) is 15.1. The Kier molecular flexibility index (Phi) is 6.02. The van der Waals surface area contributed by atoms with Crippen LogP contribution < -0.4 is 11.4 Å². The van der Waals surface area contributed by atoms with Crippen molar-refractivity contribution in [3.05, 3.63) is 57.9 Å². The van der Waals surface area contributed by atoms with Crippen LogP contribution in [0.15, 0.2) is 46.5 Å². The molecule has 0 fully saturated rings. The number of aryl methyl sites for hydroxylation is 2. The van der Waals surface area contributed by atoms with Gasteiger partial charge in [0.15, 0.2) is 9.84 Å². The van der Waals surface area contributed by atoms with Gasteiger partial charge in [0, 0.05) is 50.3 Å². The van der Waals surface area contributed by atoms with Crippen LogP contribution in [0, 0.1) is 0 Å². The largest absolute Gasteiger partial charge is 0.332 e. The minimum Gasteiger partial charge on any atom is -0.298 e. The summed E-state index contributed by atoms with van der Waals surface area (Å²) in [6.07, 6.45) is 12.9. The summed E-state index contributed by atoms with van der Waals surface area (Å²) in [5, 5.41) is 0. The summed E-state index contributed by atoms with van der Waals surface area (Å²) < 4.78 is 29.9. The van der Waals surface area contributed by atoms with Crippen LogP contribution >= 0.6 is 0 Å². The predicted octanol–water partition coefficient (Wildman–Crippen LogP) is 0.709. The van der Waals surface area contributed by atoms with E-state index in [1.807, 2.05) is 0 Å². The van der Waals surface area contributed by atoms with Crippen LogP contribution in [-0.2, 0) is 22.9 Å². The van der Waals surface area contributed by atoms with Crippen molar-refractivity contribution >= 4 is 22.2 Å². The maximum Gasteiger partial charge on any atom is 0.332 e. The number of allylic oxidation sites excluding steroid dienone is 2. The Morgan fingerprint density at radius 3 is 1.56 bits per heavy atom. The van der Waals surface area contributed by atoms with Crippen molar-refractivity contribution in [3.63, 3.8) is 0 Å². The Bertz CT molecular complexity index is 912. The summed E-state index contributed by atoms with van der Waals surface area (Å²) in [7, 11) is -3.39. The first-order chi connectivity index (χ1) is 11.9. The third kappa shape index (κ3) is 4.72. The number of nitrogens with zero attached hydrogens (tertiary/aromatic N) is 4. The van der Waals surface area contributed by atoms with Crippen molar-refractivity contribution in [2.24, 2.45) is 0 Å². The lowest BCUT2D eigenvalue weighted by Crippen LogP contribution is -2.28. The van der Waals surface area contributed by atoms with Gasteiger partial charge in [-0.1, -0.05) is 12.2 Å². The molecule has 0 aliphatic carbocycles. The first-order valence-corrected chi connectivity index (χ1v) is 9.70. The van der Waals surface area contributed by atoms with Gasteiger partial charge >= 0.3 is 11.4 Å². The van der Waals surface area contributed by atoms with Crippen LogP contribution in [0.5, 0.6) is 0 Å². The Morgan fingerprint density at radius 2 is 1.20 bits per heavy atom. The molecule has 0 radical (unpaired) electrons. The lowest BCUT2D eigenvalue weighted by atomic mass is 10.7. The molecule has 2 aromatic heterocycles. The molecule has 136 valence electrons. The molecule has 0 aliphatic heterocycles. The Morgan fingerprint density at radius 1 is 0.800 bits per heavy atom. The van der Waals surface area contributed by atoms with Gasteiger partial charge in [0.2, 0.25) is 0 Å². The summed E-state index contributed by atoms with van der Waals surface area (Å²) in [6, 6.07) is 0. The molecule has 0 bridgehead atoms. The summed E-state index contributed by atoms with van der Waals surface area (Å²) in [5.74, 6) is -0.311. The molecule has 0 aromatic carbocycles. The van der Waals surface area contributed by atoms with Gasteiger partial charge in [-0.3, -0.25) is 18.3 Å². The summed E-state index contributed by atoms with van der Waals surface area (Å²) in [6.45, 7) is 3.75. The van der Waals surface area contributed by atoms with E-state index in [4.69, 9.17) is 0 Å². The number of rotatable bonds is 8. The SMILES string of the molecule is C/C=C/n1ccn(CCS(=O)(=O)CCn2ccn(/C=C/C)c2=O)c1=O. The quantitative estimate of drug-likeness (QED) is 0.688. The van der Waals surface area contributed by atoms with Crippen LogP contribution in [0.4, 0.5) is 0 Å². The van der Waals surface area contributed by atoms with Gasteiger partial charge in [0.05, 0.1) is 11.5 Å². The fourth-order valence-corrected chi connectivity index (χ4v) is 3.48. The fraction of sp³-hybridized carbons (Fsp3) is 0.375. The van der Waals surface area contributed by atoms with Gasteiger partial charge < -0.3 is 0 Å². The molecular formula is C16H22N4O4S. The molecule has 0 aliphatic rings. The molecule has 0 unspecified atom stereocenters. The summed E-state index contributed by atoms with van der Waals surface area (Å²) in [5.41, 5.74) is -0.569. The zero-order valence-electron chi connectivity index (χ0n) is 14.3. The lowest BCUT2D eigenvalue weighted by Gasteiger charge is -2.05. The predicted molar refractivity (Wildman–Crippen MR) is 98.0 cm³/mol. The molecule has 0 saturated carbocycles. The van der Waals surface area contributed by atoms with Gasteiger partial charge in [0.1, 0.15) is 0 Å². The average molecular weight is 366 g/mol. The molecule has 2 heterocycles. The fourth-order valence-electron chi connectivity index (χ4n) is 2.32. The minimum atomic E-state index is -3.39. The molecule has 2 rings (SSSR count). The van der Waals surface area contributed by atoms with Crippen molar-refractivity contribution < 1.29 is 8.42 Å². The van der Waals surface area contributed by atoms with Crippen molar-refractivity contribution in [1.29, 1.82) is 0 Å². The highest BCUT2D eigenvalue weighted by Gasteiger charge is 2.13. The normalized spacial score (nSPS) is 12.6. The summed E-state index contributed by atoms with van der Waals surface area (Å²) in [4.78, 5) is 24.0. The molecular weight excluding hydrogens is 344 g/mol. The van der Waals surface area contributed by atoms with Gasteiger partial charge in [0.25, 0.3) is 0 Å². The molecule has 9 heteroatoms. The smallest absolute Gasteiger partial charge is 0.298 e.